The molecule has 0 aliphatic rings. The Bertz CT molecular complexity index is 671. The molecule has 0 spiro atoms. The van der Waals surface area contributed by atoms with Gasteiger partial charge in [-0.15, -0.1) is 0 Å². The Morgan fingerprint density at radius 2 is 1.71 bits per heavy atom. The molecular formula is C14H8BrClF3NO. The fourth-order valence-corrected chi connectivity index (χ4v) is 2.09. The van der Waals surface area contributed by atoms with E-state index in [1.807, 2.05) is 0 Å². The summed E-state index contributed by atoms with van der Waals surface area (Å²) in [5.74, 6) is -0.629. The molecule has 0 atom stereocenters. The molecule has 0 saturated carbocycles. The predicted octanol–water partition coefficient (Wildman–Crippen LogP) is 5.37. The molecule has 2 rings (SSSR count). The lowest BCUT2D eigenvalue weighted by Gasteiger charge is -2.14. The van der Waals surface area contributed by atoms with Gasteiger partial charge in [-0.05, 0) is 42.5 Å². The fraction of sp³-hybridized carbons (Fsp3) is 0.0714. The maximum Gasteiger partial charge on any atom is 0.418 e. The van der Waals surface area contributed by atoms with Gasteiger partial charge in [0.1, 0.15) is 0 Å². The molecule has 21 heavy (non-hydrogen) atoms. The molecule has 0 fully saturated rings. The summed E-state index contributed by atoms with van der Waals surface area (Å²) in [5.41, 5.74) is -1.07. The SMILES string of the molecule is O=C(Nc1ccc(Cl)cc1C(F)(F)F)c1ccc(Br)cc1. The van der Waals surface area contributed by atoms with Crippen molar-refractivity contribution in [2.24, 2.45) is 0 Å². The van der Waals surface area contributed by atoms with E-state index in [4.69, 9.17) is 11.6 Å². The highest BCUT2D eigenvalue weighted by atomic mass is 79.9. The Hall–Kier alpha value is -1.53. The van der Waals surface area contributed by atoms with Crippen molar-refractivity contribution in [2.45, 2.75) is 6.18 Å². The van der Waals surface area contributed by atoms with Crippen molar-refractivity contribution >= 4 is 39.1 Å². The van der Waals surface area contributed by atoms with Gasteiger partial charge in [-0.2, -0.15) is 13.2 Å². The van der Waals surface area contributed by atoms with Crippen molar-refractivity contribution in [3.05, 3.63) is 63.1 Å². The minimum atomic E-state index is -4.60. The van der Waals surface area contributed by atoms with Crippen LogP contribution >= 0.6 is 27.5 Å². The first-order chi connectivity index (χ1) is 9.77. The number of alkyl halides is 3. The molecule has 110 valence electrons. The Labute approximate surface area is 132 Å². The summed E-state index contributed by atoms with van der Waals surface area (Å²) in [6.07, 6.45) is -4.60. The number of hydrogen-bond donors (Lipinski definition) is 1. The molecule has 0 heterocycles. The zero-order valence-corrected chi connectivity index (χ0v) is 12.7. The molecular weight excluding hydrogens is 371 g/mol. The lowest BCUT2D eigenvalue weighted by atomic mass is 10.1. The van der Waals surface area contributed by atoms with E-state index in [0.29, 0.717) is 0 Å². The number of benzene rings is 2. The Kier molecular flexibility index (Phi) is 4.58. The highest BCUT2D eigenvalue weighted by Crippen LogP contribution is 2.36. The zero-order valence-electron chi connectivity index (χ0n) is 10.3. The summed E-state index contributed by atoms with van der Waals surface area (Å²) >= 11 is 8.79. The van der Waals surface area contributed by atoms with Crippen LogP contribution in [0.4, 0.5) is 18.9 Å². The van der Waals surface area contributed by atoms with Crippen molar-refractivity contribution in [1.29, 1.82) is 0 Å². The van der Waals surface area contributed by atoms with Crippen LogP contribution in [0.5, 0.6) is 0 Å². The zero-order chi connectivity index (χ0) is 15.6. The number of anilines is 1. The third-order valence-corrected chi connectivity index (χ3v) is 3.41. The van der Waals surface area contributed by atoms with Gasteiger partial charge in [0.2, 0.25) is 0 Å². The number of carbonyl (C=O) groups excluding carboxylic acids is 1. The van der Waals surface area contributed by atoms with E-state index >= 15 is 0 Å². The lowest BCUT2D eigenvalue weighted by molar-refractivity contribution is -0.136. The van der Waals surface area contributed by atoms with E-state index in [-0.39, 0.29) is 16.3 Å². The Balaban J connectivity index is 2.31. The summed E-state index contributed by atoms with van der Waals surface area (Å²) in [7, 11) is 0. The van der Waals surface area contributed by atoms with Gasteiger partial charge in [-0.25, -0.2) is 0 Å². The van der Waals surface area contributed by atoms with Crippen LogP contribution in [0, 0.1) is 0 Å². The van der Waals surface area contributed by atoms with Crippen molar-refractivity contribution in [3.8, 4) is 0 Å². The van der Waals surface area contributed by atoms with Crippen LogP contribution in [-0.4, -0.2) is 5.91 Å². The molecule has 0 aliphatic carbocycles. The topological polar surface area (TPSA) is 29.1 Å². The van der Waals surface area contributed by atoms with Crippen LogP contribution in [0.3, 0.4) is 0 Å². The highest BCUT2D eigenvalue weighted by Gasteiger charge is 2.34. The summed E-state index contributed by atoms with van der Waals surface area (Å²) in [5, 5.41) is 2.20. The van der Waals surface area contributed by atoms with Gasteiger partial charge in [0.25, 0.3) is 5.91 Å². The maximum atomic E-state index is 12.9. The number of carbonyl (C=O) groups is 1. The maximum absolute atomic E-state index is 12.9. The summed E-state index contributed by atoms with van der Waals surface area (Å²) in [6, 6.07) is 9.45. The van der Waals surface area contributed by atoms with E-state index in [1.54, 1.807) is 12.1 Å². The number of nitrogens with one attached hydrogen (secondary N) is 1. The molecule has 0 saturated heterocycles. The normalized spacial score (nSPS) is 11.3. The van der Waals surface area contributed by atoms with Crippen molar-refractivity contribution < 1.29 is 18.0 Å². The molecule has 2 aromatic rings. The summed E-state index contributed by atoms with van der Waals surface area (Å²) in [4.78, 5) is 12.0. The third-order valence-electron chi connectivity index (χ3n) is 2.64. The van der Waals surface area contributed by atoms with Crippen LogP contribution in [0.2, 0.25) is 5.02 Å². The van der Waals surface area contributed by atoms with Gasteiger partial charge in [-0.3, -0.25) is 4.79 Å². The third kappa shape index (κ3) is 3.98. The van der Waals surface area contributed by atoms with E-state index in [0.717, 1.165) is 16.6 Å². The fourth-order valence-electron chi connectivity index (χ4n) is 1.66. The first-order valence-electron chi connectivity index (χ1n) is 5.71. The van der Waals surface area contributed by atoms with Gasteiger partial charge in [0.15, 0.2) is 0 Å². The summed E-state index contributed by atoms with van der Waals surface area (Å²) in [6.45, 7) is 0. The second-order valence-electron chi connectivity index (χ2n) is 4.15. The molecule has 0 aromatic heterocycles. The second kappa shape index (κ2) is 6.07. The van der Waals surface area contributed by atoms with Crippen molar-refractivity contribution in [1.82, 2.24) is 0 Å². The standard InChI is InChI=1S/C14H8BrClF3NO/c15-9-3-1-8(2-4-9)13(21)20-12-6-5-10(16)7-11(12)14(17,18)19/h1-7H,(H,20,21). The molecule has 1 N–H and O–H groups in total. The molecule has 0 aliphatic heterocycles. The Morgan fingerprint density at radius 1 is 1.10 bits per heavy atom. The Morgan fingerprint density at radius 3 is 2.29 bits per heavy atom. The van der Waals surface area contributed by atoms with E-state index in [9.17, 15) is 18.0 Å². The first kappa shape index (κ1) is 15.9. The molecule has 2 aromatic carbocycles. The number of rotatable bonds is 2. The average Bonchev–Trinajstić information content (AvgIpc) is 2.40. The van der Waals surface area contributed by atoms with Gasteiger partial charge in [-0.1, -0.05) is 27.5 Å². The van der Waals surface area contributed by atoms with Crippen LogP contribution in [-0.2, 0) is 6.18 Å². The first-order valence-corrected chi connectivity index (χ1v) is 6.88. The average molecular weight is 379 g/mol. The molecule has 1 amide bonds. The molecule has 0 bridgehead atoms. The van der Waals surface area contributed by atoms with E-state index in [2.05, 4.69) is 21.2 Å². The minimum Gasteiger partial charge on any atom is -0.321 e. The summed E-state index contributed by atoms with van der Waals surface area (Å²) < 4.78 is 39.5. The largest absolute Gasteiger partial charge is 0.418 e. The van der Waals surface area contributed by atoms with Crippen LogP contribution in [0.1, 0.15) is 15.9 Å². The molecule has 0 radical (unpaired) electrons. The molecule has 0 unspecified atom stereocenters. The number of amides is 1. The minimum absolute atomic E-state index is 0.0519. The van der Waals surface area contributed by atoms with Crippen LogP contribution in [0.25, 0.3) is 0 Å². The molecule has 7 heteroatoms. The lowest BCUT2D eigenvalue weighted by Crippen LogP contribution is -2.16. The predicted molar refractivity (Wildman–Crippen MR) is 78.5 cm³/mol. The van der Waals surface area contributed by atoms with Gasteiger partial charge in [0, 0.05) is 15.1 Å². The smallest absolute Gasteiger partial charge is 0.321 e. The second-order valence-corrected chi connectivity index (χ2v) is 5.50. The van der Waals surface area contributed by atoms with Gasteiger partial charge >= 0.3 is 6.18 Å². The monoisotopic (exact) mass is 377 g/mol. The quantitative estimate of drug-likeness (QED) is 0.747. The number of hydrogen-bond acceptors (Lipinski definition) is 1. The van der Waals surface area contributed by atoms with E-state index < -0.39 is 17.6 Å². The van der Waals surface area contributed by atoms with Crippen LogP contribution < -0.4 is 5.32 Å². The van der Waals surface area contributed by atoms with Crippen molar-refractivity contribution in [3.63, 3.8) is 0 Å². The van der Waals surface area contributed by atoms with Gasteiger partial charge in [0.05, 0.1) is 11.3 Å². The molecule has 2 nitrogen and oxygen atoms in total. The van der Waals surface area contributed by atoms with Gasteiger partial charge < -0.3 is 5.32 Å². The highest BCUT2D eigenvalue weighted by molar-refractivity contribution is 9.10. The number of halogens is 5. The van der Waals surface area contributed by atoms with E-state index in [1.165, 1.54) is 18.2 Å². The van der Waals surface area contributed by atoms with Crippen LogP contribution in [0.15, 0.2) is 46.9 Å². The van der Waals surface area contributed by atoms with Crippen molar-refractivity contribution in [2.75, 3.05) is 5.32 Å².